The predicted molar refractivity (Wildman–Crippen MR) is 87.3 cm³/mol. The number of hydrogen-bond donors (Lipinski definition) is 1. The molecule has 1 aliphatic heterocycles. The highest BCUT2D eigenvalue weighted by atomic mass is 79.9. The third-order valence-electron chi connectivity index (χ3n) is 3.42. The Morgan fingerprint density at radius 2 is 1.95 bits per heavy atom. The van der Waals surface area contributed by atoms with E-state index in [0.29, 0.717) is 22.0 Å². The van der Waals surface area contributed by atoms with E-state index >= 15 is 0 Å². The second kappa shape index (κ2) is 5.66. The first-order chi connectivity index (χ1) is 10.1. The number of rotatable bonds is 2. The Morgan fingerprint density at radius 3 is 2.62 bits per heavy atom. The summed E-state index contributed by atoms with van der Waals surface area (Å²) < 4.78 is 13.8. The molecule has 1 unspecified atom stereocenters. The number of guanidine groups is 1. The molecule has 0 saturated heterocycles. The van der Waals surface area contributed by atoms with Gasteiger partial charge in [0, 0.05) is 10.7 Å². The molecule has 0 bridgehead atoms. The van der Waals surface area contributed by atoms with E-state index in [2.05, 4.69) is 20.9 Å². The molecule has 1 heterocycles. The van der Waals surface area contributed by atoms with Crippen LogP contribution in [-0.4, -0.2) is 12.5 Å². The van der Waals surface area contributed by atoms with Crippen LogP contribution in [0.3, 0.4) is 0 Å². The highest BCUT2D eigenvalue weighted by molar-refractivity contribution is 9.10. The maximum absolute atomic E-state index is 13.4. The third kappa shape index (κ3) is 2.76. The van der Waals surface area contributed by atoms with E-state index in [9.17, 15) is 4.39 Å². The minimum Gasteiger partial charge on any atom is -0.369 e. The molecule has 0 aliphatic carbocycles. The van der Waals surface area contributed by atoms with E-state index in [-0.39, 0.29) is 11.9 Å². The van der Waals surface area contributed by atoms with Gasteiger partial charge >= 0.3 is 0 Å². The lowest BCUT2D eigenvalue weighted by Crippen LogP contribution is -2.36. The molecule has 6 heteroatoms. The highest BCUT2D eigenvalue weighted by Gasteiger charge is 2.29. The van der Waals surface area contributed by atoms with Crippen molar-refractivity contribution < 1.29 is 4.39 Å². The van der Waals surface area contributed by atoms with Gasteiger partial charge in [-0.1, -0.05) is 17.7 Å². The van der Waals surface area contributed by atoms with Crippen molar-refractivity contribution in [2.45, 2.75) is 6.04 Å². The molecule has 0 fully saturated rings. The summed E-state index contributed by atoms with van der Waals surface area (Å²) in [6.07, 6.45) is 0. The number of nitrogens with zero attached hydrogens (tertiary/aromatic N) is 2. The molecule has 1 atom stereocenters. The Hall–Kier alpha value is -1.59. The summed E-state index contributed by atoms with van der Waals surface area (Å²) in [5.74, 6) is 0.159. The van der Waals surface area contributed by atoms with Crippen molar-refractivity contribution in [2.75, 3.05) is 11.4 Å². The summed E-state index contributed by atoms with van der Waals surface area (Å²) in [6, 6.07) is 12.3. The molecule has 2 aromatic carbocycles. The monoisotopic (exact) mass is 367 g/mol. The van der Waals surface area contributed by atoms with Crippen LogP contribution in [0.25, 0.3) is 0 Å². The smallest absolute Gasteiger partial charge is 0.196 e. The van der Waals surface area contributed by atoms with Gasteiger partial charge in [0.15, 0.2) is 5.96 Å². The SMILES string of the molecule is NC1=NCC(c2ccc(F)c(Br)c2)N1c1ccc(Cl)cc1. The molecule has 0 saturated carbocycles. The van der Waals surface area contributed by atoms with Crippen molar-refractivity contribution in [2.24, 2.45) is 10.7 Å². The van der Waals surface area contributed by atoms with Crippen LogP contribution in [0, 0.1) is 5.82 Å². The Kier molecular flexibility index (Phi) is 3.87. The zero-order chi connectivity index (χ0) is 15.0. The lowest BCUT2D eigenvalue weighted by molar-refractivity contribution is 0.618. The summed E-state index contributed by atoms with van der Waals surface area (Å²) in [5.41, 5.74) is 7.85. The molecule has 108 valence electrons. The topological polar surface area (TPSA) is 41.6 Å². The average Bonchev–Trinajstić information content (AvgIpc) is 2.85. The number of aliphatic imine (C=N–C) groups is 1. The Labute approximate surface area is 135 Å². The highest BCUT2D eigenvalue weighted by Crippen LogP contribution is 2.33. The Bertz CT molecular complexity index is 703. The molecular formula is C15H12BrClFN3. The minimum absolute atomic E-state index is 0.0527. The van der Waals surface area contributed by atoms with Gasteiger partial charge in [-0.15, -0.1) is 0 Å². The van der Waals surface area contributed by atoms with E-state index in [1.807, 2.05) is 17.0 Å². The van der Waals surface area contributed by atoms with E-state index in [0.717, 1.165) is 11.3 Å². The first-order valence-corrected chi connectivity index (χ1v) is 7.53. The van der Waals surface area contributed by atoms with Crippen LogP contribution in [0.15, 0.2) is 51.9 Å². The lowest BCUT2D eigenvalue weighted by Gasteiger charge is -2.27. The van der Waals surface area contributed by atoms with Gasteiger partial charge in [0.05, 0.1) is 17.1 Å². The van der Waals surface area contributed by atoms with Crippen LogP contribution < -0.4 is 10.6 Å². The Morgan fingerprint density at radius 1 is 1.24 bits per heavy atom. The van der Waals surface area contributed by atoms with E-state index < -0.39 is 0 Å². The van der Waals surface area contributed by atoms with Gasteiger partial charge in [0.25, 0.3) is 0 Å². The van der Waals surface area contributed by atoms with Crippen LogP contribution in [-0.2, 0) is 0 Å². The summed E-state index contributed by atoms with van der Waals surface area (Å²) in [5, 5.41) is 0.662. The standard InChI is InChI=1S/C15H12BrClFN3/c16-12-7-9(1-6-13(12)18)14-8-20-15(19)21(14)11-4-2-10(17)3-5-11/h1-7,14H,8H2,(H2,19,20). The summed E-state index contributed by atoms with van der Waals surface area (Å²) in [4.78, 5) is 6.23. The molecule has 2 aromatic rings. The number of benzene rings is 2. The van der Waals surface area contributed by atoms with Crippen molar-refractivity contribution in [3.8, 4) is 0 Å². The number of nitrogens with two attached hydrogens (primary N) is 1. The van der Waals surface area contributed by atoms with Crippen LogP contribution in [0.1, 0.15) is 11.6 Å². The van der Waals surface area contributed by atoms with Gasteiger partial charge in [-0.2, -0.15) is 0 Å². The summed E-state index contributed by atoms with van der Waals surface area (Å²) in [6.45, 7) is 0.534. The maximum Gasteiger partial charge on any atom is 0.196 e. The van der Waals surface area contributed by atoms with E-state index in [1.165, 1.54) is 6.07 Å². The normalized spacial score (nSPS) is 18.0. The largest absolute Gasteiger partial charge is 0.369 e. The molecule has 2 N–H and O–H groups in total. The second-order valence-corrected chi connectivity index (χ2v) is 6.03. The van der Waals surface area contributed by atoms with Gasteiger partial charge in [0.2, 0.25) is 0 Å². The first kappa shape index (κ1) is 14.4. The lowest BCUT2D eigenvalue weighted by atomic mass is 10.1. The fraction of sp³-hybridized carbons (Fsp3) is 0.133. The van der Waals surface area contributed by atoms with Crippen LogP contribution >= 0.6 is 27.5 Å². The molecule has 0 amide bonds. The molecule has 21 heavy (non-hydrogen) atoms. The number of halogens is 3. The molecule has 0 radical (unpaired) electrons. The summed E-state index contributed by atoms with van der Waals surface area (Å²) in [7, 11) is 0. The molecule has 0 spiro atoms. The first-order valence-electron chi connectivity index (χ1n) is 6.36. The van der Waals surface area contributed by atoms with Crippen molar-refractivity contribution >= 4 is 39.2 Å². The quantitative estimate of drug-likeness (QED) is 0.866. The molecule has 3 nitrogen and oxygen atoms in total. The van der Waals surface area contributed by atoms with Crippen molar-refractivity contribution in [3.63, 3.8) is 0 Å². The zero-order valence-electron chi connectivity index (χ0n) is 10.9. The van der Waals surface area contributed by atoms with Gasteiger partial charge in [0.1, 0.15) is 5.82 Å². The van der Waals surface area contributed by atoms with E-state index in [1.54, 1.807) is 24.3 Å². The fourth-order valence-corrected chi connectivity index (χ4v) is 2.91. The maximum atomic E-state index is 13.4. The number of hydrogen-bond acceptors (Lipinski definition) is 3. The van der Waals surface area contributed by atoms with Gasteiger partial charge < -0.3 is 10.6 Å². The van der Waals surface area contributed by atoms with Crippen molar-refractivity contribution in [1.82, 2.24) is 0 Å². The summed E-state index contributed by atoms with van der Waals surface area (Å²) >= 11 is 9.13. The van der Waals surface area contributed by atoms with Gasteiger partial charge in [-0.25, -0.2) is 4.39 Å². The van der Waals surface area contributed by atoms with Crippen LogP contribution in [0.2, 0.25) is 5.02 Å². The molecular weight excluding hydrogens is 357 g/mol. The molecule has 3 rings (SSSR count). The van der Waals surface area contributed by atoms with Gasteiger partial charge in [-0.3, -0.25) is 4.99 Å². The number of anilines is 1. The van der Waals surface area contributed by atoms with Crippen LogP contribution in [0.5, 0.6) is 0 Å². The predicted octanol–water partition coefficient (Wildman–Crippen LogP) is 4.12. The average molecular weight is 369 g/mol. The van der Waals surface area contributed by atoms with E-state index in [4.69, 9.17) is 17.3 Å². The molecule has 0 aromatic heterocycles. The molecule has 1 aliphatic rings. The van der Waals surface area contributed by atoms with Crippen molar-refractivity contribution in [3.05, 3.63) is 63.3 Å². The van der Waals surface area contributed by atoms with Crippen LogP contribution in [0.4, 0.5) is 10.1 Å². The van der Waals surface area contributed by atoms with Gasteiger partial charge in [-0.05, 0) is 57.9 Å². The Balaban J connectivity index is 1.98. The fourth-order valence-electron chi connectivity index (χ4n) is 2.39. The third-order valence-corrected chi connectivity index (χ3v) is 4.28. The zero-order valence-corrected chi connectivity index (χ0v) is 13.3. The van der Waals surface area contributed by atoms with Crippen molar-refractivity contribution in [1.29, 1.82) is 0 Å². The second-order valence-electron chi connectivity index (χ2n) is 4.73. The minimum atomic E-state index is -0.288.